The summed E-state index contributed by atoms with van der Waals surface area (Å²) in [6.45, 7) is 5.16. The van der Waals surface area contributed by atoms with E-state index in [9.17, 15) is 8.42 Å². The summed E-state index contributed by atoms with van der Waals surface area (Å²) in [7, 11) is -3.28. The van der Waals surface area contributed by atoms with Crippen LogP contribution in [-0.4, -0.2) is 63.8 Å². The second kappa shape index (κ2) is 12.0. The fraction of sp³-hybridized carbons (Fsp3) is 0.562. The van der Waals surface area contributed by atoms with Crippen molar-refractivity contribution in [2.75, 3.05) is 45.1 Å². The first kappa shape index (κ1) is 23.4. The quantitative estimate of drug-likeness (QED) is 0.327. The molecule has 1 fully saturated rings. The molecule has 0 amide bonds. The van der Waals surface area contributed by atoms with Crippen molar-refractivity contribution in [1.29, 1.82) is 0 Å². The van der Waals surface area contributed by atoms with Crippen LogP contribution >= 0.6 is 35.6 Å². The Morgan fingerprint density at radius 2 is 2.04 bits per heavy atom. The minimum absolute atomic E-state index is 0. The Kier molecular flexibility index (Phi) is 10.8. The molecule has 1 saturated heterocycles. The van der Waals surface area contributed by atoms with Crippen molar-refractivity contribution in [3.8, 4) is 0 Å². The van der Waals surface area contributed by atoms with Crippen molar-refractivity contribution in [3.63, 3.8) is 0 Å². The van der Waals surface area contributed by atoms with Gasteiger partial charge in [-0.25, -0.2) is 13.4 Å². The summed E-state index contributed by atoms with van der Waals surface area (Å²) < 4.78 is 31.3. The molecule has 1 heterocycles. The molecule has 148 valence electrons. The van der Waals surface area contributed by atoms with Gasteiger partial charge in [-0.3, -0.25) is 0 Å². The normalized spacial score (nSPS) is 16.0. The molecule has 2 N–H and O–H groups in total. The van der Waals surface area contributed by atoms with Crippen molar-refractivity contribution in [3.05, 3.63) is 34.9 Å². The maximum absolute atomic E-state index is 12.3. The average Bonchev–Trinajstić information content (AvgIpc) is 2.60. The first-order valence-electron chi connectivity index (χ1n) is 8.33. The lowest BCUT2D eigenvalue weighted by atomic mass is 10.2. The lowest BCUT2D eigenvalue weighted by Gasteiger charge is -2.26. The molecule has 1 aromatic carbocycles. The third kappa shape index (κ3) is 7.95. The predicted octanol–water partition coefficient (Wildman–Crippen LogP) is 1.68. The van der Waals surface area contributed by atoms with Crippen LogP contribution < -0.4 is 10.6 Å². The Morgan fingerprint density at radius 1 is 1.31 bits per heavy atom. The van der Waals surface area contributed by atoms with Gasteiger partial charge in [0.1, 0.15) is 0 Å². The lowest BCUT2D eigenvalue weighted by Crippen LogP contribution is -2.45. The van der Waals surface area contributed by atoms with Crippen LogP contribution in [0.3, 0.4) is 0 Å². The zero-order chi connectivity index (χ0) is 18.1. The van der Waals surface area contributed by atoms with E-state index in [0.717, 1.165) is 5.56 Å². The molecule has 0 radical (unpaired) electrons. The van der Waals surface area contributed by atoms with Crippen molar-refractivity contribution in [2.45, 2.75) is 13.5 Å². The summed E-state index contributed by atoms with van der Waals surface area (Å²) in [5.41, 5.74) is 0.991. The minimum Gasteiger partial charge on any atom is -0.379 e. The van der Waals surface area contributed by atoms with Gasteiger partial charge in [-0.05, 0) is 24.6 Å². The zero-order valence-electron chi connectivity index (χ0n) is 14.8. The van der Waals surface area contributed by atoms with Crippen molar-refractivity contribution >= 4 is 51.6 Å². The van der Waals surface area contributed by atoms with E-state index in [4.69, 9.17) is 16.3 Å². The summed E-state index contributed by atoms with van der Waals surface area (Å²) in [4.78, 5) is 4.46. The fourth-order valence-electron chi connectivity index (χ4n) is 2.40. The highest BCUT2D eigenvalue weighted by Crippen LogP contribution is 2.11. The van der Waals surface area contributed by atoms with Gasteiger partial charge in [0.2, 0.25) is 10.0 Å². The van der Waals surface area contributed by atoms with Crippen LogP contribution in [0.25, 0.3) is 0 Å². The molecule has 0 saturated carbocycles. The standard InChI is InChI=1S/C16H25ClN4O3S.HI/c1-2-18-16(20-13-14-4-3-5-15(17)12-14)19-6-11-25(22,23)21-7-9-24-10-8-21;/h3-5,12H,2,6-11,13H2,1H3,(H2,18,19,20);1H. The number of halogens is 2. The number of ether oxygens (including phenoxy) is 1. The molecule has 26 heavy (non-hydrogen) atoms. The third-order valence-corrected chi connectivity index (χ3v) is 5.78. The van der Waals surface area contributed by atoms with Gasteiger partial charge in [-0.2, -0.15) is 4.31 Å². The molecular formula is C16H26ClIN4O3S. The fourth-order valence-corrected chi connectivity index (χ4v) is 3.94. The highest BCUT2D eigenvalue weighted by molar-refractivity contribution is 14.0. The number of rotatable bonds is 7. The summed E-state index contributed by atoms with van der Waals surface area (Å²) in [5.74, 6) is 0.605. The number of hydrogen-bond donors (Lipinski definition) is 2. The molecule has 0 aromatic heterocycles. The van der Waals surface area contributed by atoms with Gasteiger partial charge >= 0.3 is 0 Å². The molecule has 0 spiro atoms. The lowest BCUT2D eigenvalue weighted by molar-refractivity contribution is 0.0730. The van der Waals surface area contributed by atoms with E-state index in [2.05, 4.69) is 15.6 Å². The van der Waals surface area contributed by atoms with Crippen LogP contribution in [0.15, 0.2) is 29.3 Å². The number of hydrogen-bond acceptors (Lipinski definition) is 4. The van der Waals surface area contributed by atoms with Gasteiger partial charge in [0.25, 0.3) is 0 Å². The molecule has 0 atom stereocenters. The van der Waals surface area contributed by atoms with Crippen LogP contribution in [0.5, 0.6) is 0 Å². The maximum Gasteiger partial charge on any atom is 0.215 e. The van der Waals surface area contributed by atoms with Crippen LogP contribution in [0.4, 0.5) is 0 Å². The van der Waals surface area contributed by atoms with Gasteiger partial charge in [0, 0.05) is 31.2 Å². The number of guanidine groups is 1. The smallest absolute Gasteiger partial charge is 0.215 e. The summed E-state index contributed by atoms with van der Waals surface area (Å²) in [6.07, 6.45) is 0. The van der Waals surface area contributed by atoms with Crippen LogP contribution in [0.2, 0.25) is 5.02 Å². The first-order chi connectivity index (χ1) is 12.0. The van der Waals surface area contributed by atoms with Crippen molar-refractivity contribution < 1.29 is 13.2 Å². The van der Waals surface area contributed by atoms with Crippen molar-refractivity contribution in [1.82, 2.24) is 14.9 Å². The Bertz CT molecular complexity index is 682. The molecule has 0 unspecified atom stereocenters. The molecule has 7 nitrogen and oxygen atoms in total. The predicted molar refractivity (Wildman–Crippen MR) is 116 cm³/mol. The summed E-state index contributed by atoms with van der Waals surface area (Å²) >= 11 is 5.97. The molecule has 0 aliphatic carbocycles. The van der Waals surface area contributed by atoms with Gasteiger partial charge in [-0.15, -0.1) is 24.0 Å². The summed E-state index contributed by atoms with van der Waals surface area (Å²) in [5, 5.41) is 6.85. The maximum atomic E-state index is 12.3. The Morgan fingerprint density at radius 3 is 2.69 bits per heavy atom. The molecule has 10 heteroatoms. The zero-order valence-corrected chi connectivity index (χ0v) is 18.7. The number of benzene rings is 1. The van der Waals surface area contributed by atoms with E-state index in [1.807, 2.05) is 31.2 Å². The molecular weight excluding hydrogens is 491 g/mol. The Balaban J connectivity index is 0.00000338. The van der Waals surface area contributed by atoms with Gasteiger partial charge in [-0.1, -0.05) is 23.7 Å². The third-order valence-electron chi connectivity index (χ3n) is 3.67. The Hall–Kier alpha value is -0.620. The largest absolute Gasteiger partial charge is 0.379 e. The van der Waals surface area contributed by atoms with Crippen molar-refractivity contribution in [2.24, 2.45) is 4.99 Å². The highest BCUT2D eigenvalue weighted by atomic mass is 127. The molecule has 0 bridgehead atoms. The monoisotopic (exact) mass is 516 g/mol. The van der Waals surface area contributed by atoms with E-state index in [-0.39, 0.29) is 29.7 Å². The number of sulfonamides is 1. The van der Waals surface area contributed by atoms with E-state index < -0.39 is 10.0 Å². The number of morpholine rings is 1. The molecule has 1 aliphatic heterocycles. The minimum atomic E-state index is -3.28. The molecule has 1 aromatic rings. The molecule has 2 rings (SSSR count). The van der Waals surface area contributed by atoms with E-state index in [1.54, 1.807) is 0 Å². The number of aliphatic imine (C=N–C) groups is 1. The van der Waals surface area contributed by atoms with E-state index in [0.29, 0.717) is 56.9 Å². The van der Waals surface area contributed by atoms with Gasteiger partial charge < -0.3 is 15.4 Å². The average molecular weight is 517 g/mol. The Labute approximate surface area is 177 Å². The topological polar surface area (TPSA) is 83.0 Å². The second-order valence-electron chi connectivity index (χ2n) is 5.58. The number of nitrogens with zero attached hydrogens (tertiary/aromatic N) is 2. The van der Waals surface area contributed by atoms with E-state index in [1.165, 1.54) is 4.31 Å². The summed E-state index contributed by atoms with van der Waals surface area (Å²) in [6, 6.07) is 7.50. The van der Waals surface area contributed by atoms with E-state index >= 15 is 0 Å². The van der Waals surface area contributed by atoms with Crippen LogP contribution in [-0.2, 0) is 21.3 Å². The SMILES string of the molecule is CCNC(=NCc1cccc(Cl)c1)NCCS(=O)(=O)N1CCOCC1.I. The van der Waals surface area contributed by atoms with Crippen LogP contribution in [0.1, 0.15) is 12.5 Å². The van der Waals surface area contributed by atoms with Gasteiger partial charge in [0.05, 0.1) is 25.5 Å². The molecule has 1 aliphatic rings. The highest BCUT2D eigenvalue weighted by Gasteiger charge is 2.23. The number of nitrogens with one attached hydrogen (secondary N) is 2. The van der Waals surface area contributed by atoms with Gasteiger partial charge in [0.15, 0.2) is 5.96 Å². The first-order valence-corrected chi connectivity index (χ1v) is 10.3. The van der Waals surface area contributed by atoms with Crippen LogP contribution in [0, 0.1) is 0 Å². The second-order valence-corrected chi connectivity index (χ2v) is 8.10.